The van der Waals surface area contributed by atoms with E-state index in [4.69, 9.17) is 0 Å². The van der Waals surface area contributed by atoms with Crippen LogP contribution in [0.15, 0.2) is 29.2 Å². The van der Waals surface area contributed by atoms with Crippen molar-refractivity contribution in [1.29, 1.82) is 0 Å². The molecule has 1 heterocycles. The van der Waals surface area contributed by atoms with Gasteiger partial charge in [-0.1, -0.05) is 0 Å². The third-order valence-corrected chi connectivity index (χ3v) is 6.50. The normalized spacial score (nSPS) is 29.5. The van der Waals surface area contributed by atoms with Crippen molar-refractivity contribution >= 4 is 15.7 Å². The van der Waals surface area contributed by atoms with Gasteiger partial charge in [0.1, 0.15) is 0 Å². The molecule has 1 aliphatic carbocycles. The number of aliphatic hydroxyl groups excluding tert-OH is 1. The van der Waals surface area contributed by atoms with E-state index >= 15 is 0 Å². The average Bonchev–Trinajstić information content (AvgIpc) is 3.03. The number of hydrogen-bond donors (Lipinski definition) is 2. The number of fused-ring (bicyclic) bond motifs is 1. The summed E-state index contributed by atoms with van der Waals surface area (Å²) in [5.74, 6) is 0.427. The summed E-state index contributed by atoms with van der Waals surface area (Å²) in [6, 6.07) is 6.89. The van der Waals surface area contributed by atoms with Gasteiger partial charge in [-0.25, -0.2) is 8.42 Å². The number of nitrogens with one attached hydrogen (secondary N) is 1. The van der Waals surface area contributed by atoms with Crippen LogP contribution in [-0.2, 0) is 10.0 Å². The van der Waals surface area contributed by atoms with Crippen LogP contribution in [0.5, 0.6) is 0 Å². The van der Waals surface area contributed by atoms with Crippen LogP contribution in [0.4, 0.5) is 5.69 Å². The molecule has 116 valence electrons. The van der Waals surface area contributed by atoms with Gasteiger partial charge < -0.3 is 10.4 Å². The number of benzene rings is 1. The Labute approximate surface area is 126 Å². The Hall–Kier alpha value is -1.11. The summed E-state index contributed by atoms with van der Waals surface area (Å²) in [5.41, 5.74) is 0.921. The SMILES string of the molecule is CCNc1ccc(S(=O)(=O)N2CC3CCC(O)C3C2)cc1. The first-order chi connectivity index (χ1) is 10.0. The predicted molar refractivity (Wildman–Crippen MR) is 81.6 cm³/mol. The summed E-state index contributed by atoms with van der Waals surface area (Å²) < 4.78 is 26.9. The molecule has 3 rings (SSSR count). The highest BCUT2D eigenvalue weighted by Crippen LogP contribution is 2.40. The van der Waals surface area contributed by atoms with Crippen LogP contribution in [-0.4, -0.2) is 43.6 Å². The van der Waals surface area contributed by atoms with Gasteiger partial charge in [-0.05, 0) is 49.9 Å². The first-order valence-corrected chi connectivity index (χ1v) is 8.98. The maximum Gasteiger partial charge on any atom is 0.243 e. The molecule has 1 aromatic rings. The summed E-state index contributed by atoms with van der Waals surface area (Å²) in [6.07, 6.45) is 1.39. The van der Waals surface area contributed by atoms with E-state index in [9.17, 15) is 13.5 Å². The molecule has 0 amide bonds. The monoisotopic (exact) mass is 310 g/mol. The first kappa shape index (κ1) is 14.8. The lowest BCUT2D eigenvalue weighted by molar-refractivity contribution is 0.129. The minimum atomic E-state index is -3.44. The lowest BCUT2D eigenvalue weighted by atomic mass is 10.00. The van der Waals surface area contributed by atoms with Gasteiger partial charge >= 0.3 is 0 Å². The highest BCUT2D eigenvalue weighted by atomic mass is 32.2. The highest BCUT2D eigenvalue weighted by molar-refractivity contribution is 7.89. The molecule has 1 saturated heterocycles. The number of rotatable bonds is 4. The molecular formula is C15H22N2O3S. The Morgan fingerprint density at radius 1 is 1.24 bits per heavy atom. The zero-order chi connectivity index (χ0) is 15.0. The minimum Gasteiger partial charge on any atom is -0.393 e. The summed E-state index contributed by atoms with van der Waals surface area (Å²) in [5, 5.41) is 13.1. The Bertz CT molecular complexity index is 600. The van der Waals surface area contributed by atoms with Gasteiger partial charge in [0.25, 0.3) is 0 Å². The van der Waals surface area contributed by atoms with E-state index < -0.39 is 10.0 Å². The van der Waals surface area contributed by atoms with Crippen LogP contribution in [0.1, 0.15) is 19.8 Å². The molecule has 0 bridgehead atoms. The van der Waals surface area contributed by atoms with Crippen molar-refractivity contribution in [2.75, 3.05) is 25.0 Å². The molecule has 1 saturated carbocycles. The number of sulfonamides is 1. The van der Waals surface area contributed by atoms with Gasteiger partial charge in [-0.3, -0.25) is 0 Å². The quantitative estimate of drug-likeness (QED) is 0.884. The van der Waals surface area contributed by atoms with Crippen molar-refractivity contribution in [3.05, 3.63) is 24.3 Å². The van der Waals surface area contributed by atoms with Crippen molar-refractivity contribution < 1.29 is 13.5 Å². The Morgan fingerprint density at radius 3 is 2.57 bits per heavy atom. The zero-order valence-electron chi connectivity index (χ0n) is 12.2. The van der Waals surface area contributed by atoms with Crippen molar-refractivity contribution in [3.8, 4) is 0 Å². The van der Waals surface area contributed by atoms with E-state index in [0.29, 0.717) is 23.9 Å². The second kappa shape index (κ2) is 5.59. The van der Waals surface area contributed by atoms with Gasteiger partial charge in [0.15, 0.2) is 0 Å². The molecular weight excluding hydrogens is 288 g/mol. The zero-order valence-corrected chi connectivity index (χ0v) is 13.0. The van der Waals surface area contributed by atoms with E-state index in [1.54, 1.807) is 24.3 Å². The second-order valence-electron chi connectivity index (χ2n) is 5.95. The third-order valence-electron chi connectivity index (χ3n) is 4.66. The van der Waals surface area contributed by atoms with Crippen LogP contribution in [0.3, 0.4) is 0 Å². The second-order valence-corrected chi connectivity index (χ2v) is 7.88. The smallest absolute Gasteiger partial charge is 0.243 e. The Balaban J connectivity index is 1.78. The lowest BCUT2D eigenvalue weighted by Gasteiger charge is -2.18. The van der Waals surface area contributed by atoms with Gasteiger partial charge in [0.05, 0.1) is 11.0 Å². The Morgan fingerprint density at radius 2 is 1.95 bits per heavy atom. The van der Waals surface area contributed by atoms with Crippen molar-refractivity contribution in [2.45, 2.75) is 30.8 Å². The summed E-state index contributed by atoms with van der Waals surface area (Å²) in [6.45, 7) is 3.79. The fourth-order valence-electron chi connectivity index (χ4n) is 3.49. The lowest BCUT2D eigenvalue weighted by Crippen LogP contribution is -2.31. The van der Waals surface area contributed by atoms with Gasteiger partial charge in [-0.15, -0.1) is 0 Å². The van der Waals surface area contributed by atoms with E-state index in [1.165, 1.54) is 4.31 Å². The minimum absolute atomic E-state index is 0.112. The van der Waals surface area contributed by atoms with Crippen molar-refractivity contribution in [2.24, 2.45) is 11.8 Å². The molecule has 3 atom stereocenters. The van der Waals surface area contributed by atoms with Gasteiger partial charge in [0.2, 0.25) is 10.0 Å². The number of aliphatic hydroxyl groups is 1. The molecule has 1 aliphatic heterocycles. The molecule has 1 aromatic carbocycles. The van der Waals surface area contributed by atoms with Crippen LogP contribution in [0.2, 0.25) is 0 Å². The van der Waals surface area contributed by atoms with Crippen molar-refractivity contribution in [1.82, 2.24) is 4.31 Å². The maximum atomic E-state index is 12.7. The fourth-order valence-corrected chi connectivity index (χ4v) is 5.02. The molecule has 0 spiro atoms. The van der Waals surface area contributed by atoms with E-state index in [1.807, 2.05) is 6.92 Å². The summed E-state index contributed by atoms with van der Waals surface area (Å²) in [7, 11) is -3.44. The van der Waals surface area contributed by atoms with Gasteiger partial charge in [0, 0.05) is 31.2 Å². The standard InChI is InChI=1S/C15H22N2O3S/c1-2-16-12-4-6-13(7-5-12)21(19,20)17-9-11-3-8-15(18)14(11)10-17/h4-7,11,14-16,18H,2-3,8-10H2,1H3. The number of hydrogen-bond acceptors (Lipinski definition) is 4. The molecule has 6 heteroatoms. The predicted octanol–water partition coefficient (Wildman–Crippen LogP) is 1.51. The molecule has 2 fully saturated rings. The number of nitrogens with zero attached hydrogens (tertiary/aromatic N) is 1. The third kappa shape index (κ3) is 2.67. The van der Waals surface area contributed by atoms with Crippen LogP contribution in [0, 0.1) is 11.8 Å². The number of anilines is 1. The molecule has 2 N–H and O–H groups in total. The van der Waals surface area contributed by atoms with Crippen molar-refractivity contribution in [3.63, 3.8) is 0 Å². The summed E-state index contributed by atoms with van der Waals surface area (Å²) in [4.78, 5) is 0.332. The average molecular weight is 310 g/mol. The first-order valence-electron chi connectivity index (χ1n) is 7.54. The van der Waals surface area contributed by atoms with Gasteiger partial charge in [-0.2, -0.15) is 4.31 Å². The van der Waals surface area contributed by atoms with E-state index in [0.717, 1.165) is 25.1 Å². The molecule has 0 radical (unpaired) electrons. The highest BCUT2D eigenvalue weighted by Gasteiger charge is 2.45. The Kier molecular flexibility index (Phi) is 3.94. The molecule has 21 heavy (non-hydrogen) atoms. The van der Waals surface area contributed by atoms with E-state index in [-0.39, 0.29) is 12.0 Å². The van der Waals surface area contributed by atoms with Crippen LogP contribution < -0.4 is 5.32 Å². The topological polar surface area (TPSA) is 69.6 Å². The van der Waals surface area contributed by atoms with Crippen LogP contribution in [0.25, 0.3) is 0 Å². The van der Waals surface area contributed by atoms with Crippen LogP contribution >= 0.6 is 0 Å². The molecule has 0 aromatic heterocycles. The largest absolute Gasteiger partial charge is 0.393 e. The summed E-state index contributed by atoms with van der Waals surface area (Å²) >= 11 is 0. The van der Waals surface area contributed by atoms with E-state index in [2.05, 4.69) is 5.32 Å². The molecule has 5 nitrogen and oxygen atoms in total. The molecule has 2 aliphatic rings. The fraction of sp³-hybridized carbons (Fsp3) is 0.600. The molecule has 3 unspecified atom stereocenters. The maximum absolute atomic E-state index is 12.7.